The third-order valence-corrected chi connectivity index (χ3v) is 1.85. The molecule has 15 heavy (non-hydrogen) atoms. The SMILES string of the molecule is NC(CCC(=O)O)C(=O)Nn1cccc1. The number of rotatable bonds is 5. The number of carbonyl (C=O) groups is 2. The van der Waals surface area contributed by atoms with Gasteiger partial charge in [-0.2, -0.15) is 0 Å². The molecule has 0 aliphatic heterocycles. The number of nitrogens with two attached hydrogens (primary N) is 1. The number of aromatic nitrogens is 1. The lowest BCUT2D eigenvalue weighted by atomic mass is 10.1. The van der Waals surface area contributed by atoms with Crippen LogP contribution in [0.1, 0.15) is 12.8 Å². The van der Waals surface area contributed by atoms with E-state index < -0.39 is 17.9 Å². The summed E-state index contributed by atoms with van der Waals surface area (Å²) in [5.41, 5.74) is 8.00. The maximum absolute atomic E-state index is 11.4. The highest BCUT2D eigenvalue weighted by Gasteiger charge is 2.14. The number of hydrogen-bond donors (Lipinski definition) is 3. The summed E-state index contributed by atoms with van der Waals surface area (Å²) in [7, 11) is 0. The number of aliphatic carboxylic acids is 1. The van der Waals surface area contributed by atoms with Gasteiger partial charge in [-0.25, -0.2) is 0 Å². The largest absolute Gasteiger partial charge is 0.481 e. The van der Waals surface area contributed by atoms with Gasteiger partial charge in [0.25, 0.3) is 5.91 Å². The minimum atomic E-state index is -0.959. The lowest BCUT2D eigenvalue weighted by molar-refractivity contribution is -0.137. The Morgan fingerprint density at radius 3 is 2.53 bits per heavy atom. The zero-order valence-electron chi connectivity index (χ0n) is 8.09. The van der Waals surface area contributed by atoms with Gasteiger partial charge in [0.1, 0.15) is 0 Å². The van der Waals surface area contributed by atoms with E-state index in [1.54, 1.807) is 24.5 Å². The number of hydrogen-bond acceptors (Lipinski definition) is 3. The first-order chi connectivity index (χ1) is 7.09. The van der Waals surface area contributed by atoms with Crippen LogP contribution in [0.15, 0.2) is 24.5 Å². The topological polar surface area (TPSA) is 97.4 Å². The number of nitrogens with one attached hydrogen (secondary N) is 1. The first-order valence-corrected chi connectivity index (χ1v) is 4.51. The zero-order valence-corrected chi connectivity index (χ0v) is 8.09. The van der Waals surface area contributed by atoms with E-state index in [0.717, 1.165) is 0 Å². The van der Waals surface area contributed by atoms with Gasteiger partial charge in [0.15, 0.2) is 0 Å². The molecule has 0 radical (unpaired) electrons. The minimum Gasteiger partial charge on any atom is -0.481 e. The molecule has 1 heterocycles. The maximum Gasteiger partial charge on any atom is 0.303 e. The predicted octanol–water partition coefficient (Wildman–Crippen LogP) is -0.250. The number of carboxylic acids is 1. The molecule has 1 unspecified atom stereocenters. The predicted molar refractivity (Wildman–Crippen MR) is 53.6 cm³/mol. The standard InChI is InChI=1S/C9H13N3O3/c10-7(3-4-8(13)14)9(15)11-12-5-1-2-6-12/h1-2,5-7H,3-4,10H2,(H,11,15)(H,13,14). The van der Waals surface area contributed by atoms with E-state index in [-0.39, 0.29) is 12.8 Å². The highest BCUT2D eigenvalue weighted by atomic mass is 16.4. The number of amides is 1. The van der Waals surface area contributed by atoms with Crippen LogP contribution >= 0.6 is 0 Å². The summed E-state index contributed by atoms with van der Waals surface area (Å²) in [4.78, 5) is 21.6. The van der Waals surface area contributed by atoms with E-state index in [4.69, 9.17) is 10.8 Å². The van der Waals surface area contributed by atoms with Crippen LogP contribution in [0.2, 0.25) is 0 Å². The summed E-state index contributed by atoms with van der Waals surface area (Å²) >= 11 is 0. The van der Waals surface area contributed by atoms with Crippen LogP contribution in [-0.4, -0.2) is 27.7 Å². The molecule has 0 fully saturated rings. The van der Waals surface area contributed by atoms with Gasteiger partial charge in [-0.05, 0) is 18.6 Å². The zero-order chi connectivity index (χ0) is 11.3. The summed E-state index contributed by atoms with van der Waals surface area (Å²) in [6.07, 6.45) is 3.33. The van der Waals surface area contributed by atoms with E-state index in [1.807, 2.05) is 0 Å². The summed E-state index contributed by atoms with van der Waals surface area (Å²) in [5, 5.41) is 8.41. The van der Waals surface area contributed by atoms with Crippen molar-refractivity contribution < 1.29 is 14.7 Å². The Balaban J connectivity index is 2.36. The van der Waals surface area contributed by atoms with Crippen molar-refractivity contribution in [2.45, 2.75) is 18.9 Å². The first kappa shape index (κ1) is 11.3. The molecule has 82 valence electrons. The second-order valence-electron chi connectivity index (χ2n) is 3.11. The lowest BCUT2D eigenvalue weighted by Gasteiger charge is -2.11. The molecule has 1 rings (SSSR count). The van der Waals surface area contributed by atoms with Crippen molar-refractivity contribution in [1.82, 2.24) is 4.68 Å². The Morgan fingerprint density at radius 2 is 2.00 bits per heavy atom. The number of carbonyl (C=O) groups excluding carboxylic acids is 1. The van der Waals surface area contributed by atoms with Gasteiger partial charge in [-0.1, -0.05) is 0 Å². The normalized spacial score (nSPS) is 12.1. The van der Waals surface area contributed by atoms with Crippen molar-refractivity contribution >= 4 is 11.9 Å². The van der Waals surface area contributed by atoms with E-state index in [1.165, 1.54) is 4.68 Å². The molecule has 1 atom stereocenters. The Labute approximate surface area is 86.7 Å². The van der Waals surface area contributed by atoms with Crippen LogP contribution in [0.4, 0.5) is 0 Å². The fraction of sp³-hybridized carbons (Fsp3) is 0.333. The summed E-state index contributed by atoms with van der Waals surface area (Å²) in [5.74, 6) is -1.35. The van der Waals surface area contributed by atoms with Crippen molar-refractivity contribution in [2.75, 3.05) is 5.43 Å². The number of nitrogens with zero attached hydrogens (tertiary/aromatic N) is 1. The average molecular weight is 211 g/mol. The molecule has 0 aliphatic carbocycles. The van der Waals surface area contributed by atoms with Crippen LogP contribution in [0.5, 0.6) is 0 Å². The lowest BCUT2D eigenvalue weighted by Crippen LogP contribution is -2.39. The van der Waals surface area contributed by atoms with Gasteiger partial charge in [-0.3, -0.25) is 19.7 Å². The Hall–Kier alpha value is -1.82. The van der Waals surface area contributed by atoms with E-state index in [9.17, 15) is 9.59 Å². The molecule has 0 bridgehead atoms. The van der Waals surface area contributed by atoms with E-state index >= 15 is 0 Å². The van der Waals surface area contributed by atoms with Gasteiger partial charge in [0, 0.05) is 18.8 Å². The first-order valence-electron chi connectivity index (χ1n) is 4.51. The molecule has 0 spiro atoms. The smallest absolute Gasteiger partial charge is 0.303 e. The van der Waals surface area contributed by atoms with Gasteiger partial charge in [0.05, 0.1) is 6.04 Å². The average Bonchev–Trinajstić information content (AvgIpc) is 2.66. The van der Waals surface area contributed by atoms with Gasteiger partial charge < -0.3 is 10.8 Å². The second-order valence-corrected chi connectivity index (χ2v) is 3.11. The minimum absolute atomic E-state index is 0.111. The molecule has 0 aromatic carbocycles. The van der Waals surface area contributed by atoms with E-state index in [0.29, 0.717) is 0 Å². The molecule has 1 aromatic heterocycles. The third kappa shape index (κ3) is 3.82. The quantitative estimate of drug-likeness (QED) is 0.625. The molecule has 0 aliphatic rings. The van der Waals surface area contributed by atoms with Crippen molar-refractivity contribution in [3.05, 3.63) is 24.5 Å². The summed E-state index contributed by atoms with van der Waals surface area (Å²) < 4.78 is 1.46. The van der Waals surface area contributed by atoms with Crippen LogP contribution in [0.25, 0.3) is 0 Å². The van der Waals surface area contributed by atoms with Crippen molar-refractivity contribution in [1.29, 1.82) is 0 Å². The van der Waals surface area contributed by atoms with Crippen LogP contribution in [-0.2, 0) is 9.59 Å². The highest BCUT2D eigenvalue weighted by molar-refractivity contribution is 5.88. The van der Waals surface area contributed by atoms with Gasteiger partial charge in [-0.15, -0.1) is 0 Å². The Morgan fingerprint density at radius 1 is 1.40 bits per heavy atom. The molecular weight excluding hydrogens is 198 g/mol. The summed E-state index contributed by atoms with van der Waals surface area (Å²) in [6.45, 7) is 0. The second kappa shape index (κ2) is 5.16. The maximum atomic E-state index is 11.4. The molecular formula is C9H13N3O3. The van der Waals surface area contributed by atoms with Crippen molar-refractivity contribution in [2.24, 2.45) is 5.73 Å². The molecule has 0 saturated carbocycles. The van der Waals surface area contributed by atoms with E-state index in [2.05, 4.69) is 5.43 Å². The fourth-order valence-corrected chi connectivity index (χ4v) is 1.03. The molecule has 1 amide bonds. The van der Waals surface area contributed by atoms with Crippen LogP contribution < -0.4 is 11.2 Å². The van der Waals surface area contributed by atoms with Gasteiger partial charge in [0.2, 0.25) is 0 Å². The molecule has 0 saturated heterocycles. The van der Waals surface area contributed by atoms with Gasteiger partial charge >= 0.3 is 5.97 Å². The Bertz CT molecular complexity index is 334. The van der Waals surface area contributed by atoms with Crippen LogP contribution in [0.3, 0.4) is 0 Å². The fourth-order valence-electron chi connectivity index (χ4n) is 1.03. The van der Waals surface area contributed by atoms with Crippen molar-refractivity contribution in [3.8, 4) is 0 Å². The third-order valence-electron chi connectivity index (χ3n) is 1.85. The van der Waals surface area contributed by atoms with Crippen LogP contribution in [0, 0.1) is 0 Å². The Kier molecular flexibility index (Phi) is 3.87. The molecule has 6 nitrogen and oxygen atoms in total. The molecule has 1 aromatic rings. The molecule has 4 N–H and O–H groups in total. The number of carboxylic acid groups (broad SMARTS) is 1. The highest BCUT2D eigenvalue weighted by Crippen LogP contribution is 1.96. The summed E-state index contributed by atoms with van der Waals surface area (Å²) in [6, 6.07) is 2.70. The monoisotopic (exact) mass is 211 g/mol. The molecule has 6 heteroatoms. The van der Waals surface area contributed by atoms with Crippen molar-refractivity contribution in [3.63, 3.8) is 0 Å².